The van der Waals surface area contributed by atoms with Crippen LogP contribution < -0.4 is 0 Å². The Kier molecular flexibility index (Phi) is 5.22. The normalized spacial score (nSPS) is 11.9. The molecule has 0 fully saturated rings. The maximum Gasteiger partial charge on any atom is 0.235 e. The highest BCUT2D eigenvalue weighted by atomic mass is 15.2. The second-order valence-electron chi connectivity index (χ2n) is 11.7. The van der Waals surface area contributed by atoms with Gasteiger partial charge in [-0.15, -0.1) is 0 Å². The smallest absolute Gasteiger partial charge is 0.235 e. The van der Waals surface area contributed by atoms with Gasteiger partial charge in [-0.1, -0.05) is 121 Å². The lowest BCUT2D eigenvalue weighted by atomic mass is 10.0. The summed E-state index contributed by atoms with van der Waals surface area (Å²) < 4.78 is 4.58. The minimum atomic E-state index is 0.637. The van der Waals surface area contributed by atoms with Crippen LogP contribution in [-0.2, 0) is 0 Å². The Hall–Kier alpha value is -6.33. The zero-order chi connectivity index (χ0) is 30.2. The number of imidazole rings is 1. The highest BCUT2D eigenvalue weighted by Gasteiger charge is 2.22. The van der Waals surface area contributed by atoms with Gasteiger partial charge in [0.15, 0.2) is 0 Å². The van der Waals surface area contributed by atoms with Crippen LogP contribution in [0.1, 0.15) is 0 Å². The van der Waals surface area contributed by atoms with Crippen molar-refractivity contribution >= 4 is 60.2 Å². The summed E-state index contributed by atoms with van der Waals surface area (Å²) in [5.74, 6) is 0.637. The maximum absolute atomic E-state index is 5.24. The third kappa shape index (κ3) is 3.54. The lowest BCUT2D eigenvalue weighted by Crippen LogP contribution is -2.04. The fourth-order valence-corrected chi connectivity index (χ4v) is 7.10. The standard InChI is InChI=1S/C41H25N5/c1-3-13-26(14-4-1)33-25-34(27-15-5-2-6-16-27)44-41(43-33)45-35-21-11-9-19-31(35)38-37(45)24-23-29-28-17-7-8-18-30(28)40-42-32-20-10-12-22-36(32)46(40)39(29)38/h1-25H. The molecule has 0 unspecified atom stereocenters. The maximum atomic E-state index is 5.24. The number of hydrogen-bond acceptors (Lipinski definition) is 3. The minimum Gasteiger partial charge on any atom is -0.291 e. The largest absolute Gasteiger partial charge is 0.291 e. The summed E-state index contributed by atoms with van der Waals surface area (Å²) in [6, 6.07) is 52.9. The Balaban J connectivity index is 1.39. The van der Waals surface area contributed by atoms with Gasteiger partial charge in [-0.3, -0.25) is 8.97 Å². The van der Waals surface area contributed by atoms with Gasteiger partial charge in [0.05, 0.1) is 39.0 Å². The molecule has 10 aromatic rings. The Bertz CT molecular complexity index is 2740. The van der Waals surface area contributed by atoms with Crippen LogP contribution in [0.15, 0.2) is 152 Å². The highest BCUT2D eigenvalue weighted by Crippen LogP contribution is 2.41. The van der Waals surface area contributed by atoms with E-state index in [0.29, 0.717) is 5.95 Å². The third-order valence-corrected chi connectivity index (χ3v) is 9.11. The monoisotopic (exact) mass is 587 g/mol. The molecule has 4 heterocycles. The van der Waals surface area contributed by atoms with E-state index in [-0.39, 0.29) is 0 Å². The molecule has 0 radical (unpaired) electrons. The number of benzene rings is 6. The molecule has 0 aliphatic carbocycles. The second-order valence-corrected chi connectivity index (χ2v) is 11.7. The van der Waals surface area contributed by atoms with Gasteiger partial charge in [0.25, 0.3) is 0 Å². The SMILES string of the molecule is c1ccc(-c2cc(-c3ccccc3)nc(-n3c4ccccc4c4c3ccc3c5ccccc5c5nc6ccccc6n5c34)n2)cc1. The number of fused-ring (bicyclic) bond motifs is 12. The summed E-state index contributed by atoms with van der Waals surface area (Å²) >= 11 is 0. The molecular weight excluding hydrogens is 562 g/mol. The van der Waals surface area contributed by atoms with Crippen molar-refractivity contribution in [2.24, 2.45) is 0 Å². The van der Waals surface area contributed by atoms with Crippen molar-refractivity contribution in [2.45, 2.75) is 0 Å². The predicted molar refractivity (Wildman–Crippen MR) is 189 cm³/mol. The quantitative estimate of drug-likeness (QED) is 0.193. The van der Waals surface area contributed by atoms with Gasteiger partial charge in [0, 0.05) is 32.7 Å². The van der Waals surface area contributed by atoms with Gasteiger partial charge in [-0.05, 0) is 35.7 Å². The molecule has 0 spiro atoms. The Labute approximate surface area is 263 Å². The van der Waals surface area contributed by atoms with E-state index in [1.807, 2.05) is 12.1 Å². The van der Waals surface area contributed by atoms with Crippen molar-refractivity contribution in [1.29, 1.82) is 0 Å². The summed E-state index contributed by atoms with van der Waals surface area (Å²) in [7, 11) is 0. The van der Waals surface area contributed by atoms with Gasteiger partial charge < -0.3 is 0 Å². The van der Waals surface area contributed by atoms with Crippen LogP contribution in [0.4, 0.5) is 0 Å². The molecule has 6 aromatic carbocycles. The molecule has 214 valence electrons. The first-order chi connectivity index (χ1) is 22.8. The Morgan fingerprint density at radius 2 is 1.00 bits per heavy atom. The summed E-state index contributed by atoms with van der Waals surface area (Å²) in [5.41, 5.74) is 10.1. The van der Waals surface area contributed by atoms with Gasteiger partial charge in [0.1, 0.15) is 5.65 Å². The molecule has 0 saturated heterocycles. The Morgan fingerprint density at radius 3 is 1.72 bits per heavy atom. The molecule has 46 heavy (non-hydrogen) atoms. The van der Waals surface area contributed by atoms with Crippen molar-refractivity contribution in [3.05, 3.63) is 152 Å². The molecule has 0 bridgehead atoms. The summed E-state index contributed by atoms with van der Waals surface area (Å²) in [5, 5.41) is 5.81. The van der Waals surface area contributed by atoms with Crippen LogP contribution in [-0.4, -0.2) is 23.9 Å². The molecule has 0 atom stereocenters. The average molecular weight is 588 g/mol. The zero-order valence-electron chi connectivity index (χ0n) is 24.7. The third-order valence-electron chi connectivity index (χ3n) is 9.11. The summed E-state index contributed by atoms with van der Waals surface area (Å²) in [6.45, 7) is 0. The second kappa shape index (κ2) is 9.58. The van der Waals surface area contributed by atoms with Crippen LogP contribution in [0.25, 0.3) is 88.6 Å². The molecule has 4 aromatic heterocycles. The number of nitrogens with zero attached hydrogens (tertiary/aromatic N) is 5. The van der Waals surface area contributed by atoms with Crippen molar-refractivity contribution in [3.8, 4) is 28.5 Å². The molecule has 0 aliphatic heterocycles. The van der Waals surface area contributed by atoms with E-state index in [4.69, 9.17) is 15.0 Å². The van der Waals surface area contributed by atoms with Gasteiger partial charge >= 0.3 is 0 Å². The van der Waals surface area contributed by atoms with E-state index in [9.17, 15) is 0 Å². The first-order valence-electron chi connectivity index (χ1n) is 15.5. The number of hydrogen-bond donors (Lipinski definition) is 0. The lowest BCUT2D eigenvalue weighted by Gasteiger charge is -2.13. The predicted octanol–water partition coefficient (Wildman–Crippen LogP) is 10.0. The molecule has 0 aliphatic rings. The van der Waals surface area contributed by atoms with E-state index in [1.165, 1.54) is 10.8 Å². The molecule has 5 nitrogen and oxygen atoms in total. The van der Waals surface area contributed by atoms with Crippen molar-refractivity contribution < 1.29 is 0 Å². The van der Waals surface area contributed by atoms with Gasteiger partial charge in [-0.2, -0.15) is 0 Å². The lowest BCUT2D eigenvalue weighted by molar-refractivity contribution is 0.996. The van der Waals surface area contributed by atoms with E-state index in [0.717, 1.165) is 71.9 Å². The van der Waals surface area contributed by atoms with E-state index >= 15 is 0 Å². The van der Waals surface area contributed by atoms with Crippen LogP contribution in [0, 0.1) is 0 Å². The molecule has 5 heteroatoms. The van der Waals surface area contributed by atoms with E-state index in [1.54, 1.807) is 0 Å². The van der Waals surface area contributed by atoms with Crippen LogP contribution in [0.3, 0.4) is 0 Å². The first-order valence-corrected chi connectivity index (χ1v) is 15.5. The zero-order valence-corrected chi connectivity index (χ0v) is 24.7. The molecular formula is C41H25N5. The topological polar surface area (TPSA) is 48.0 Å². The minimum absolute atomic E-state index is 0.637. The highest BCUT2D eigenvalue weighted by molar-refractivity contribution is 6.26. The molecule has 0 N–H and O–H groups in total. The van der Waals surface area contributed by atoms with Crippen molar-refractivity contribution in [2.75, 3.05) is 0 Å². The van der Waals surface area contributed by atoms with Crippen LogP contribution in [0.2, 0.25) is 0 Å². The first kappa shape index (κ1) is 25.0. The van der Waals surface area contributed by atoms with Gasteiger partial charge in [-0.25, -0.2) is 15.0 Å². The van der Waals surface area contributed by atoms with Gasteiger partial charge in [0.2, 0.25) is 5.95 Å². The molecule has 0 saturated carbocycles. The van der Waals surface area contributed by atoms with E-state index < -0.39 is 0 Å². The van der Waals surface area contributed by atoms with Crippen LogP contribution in [0.5, 0.6) is 0 Å². The average Bonchev–Trinajstić information content (AvgIpc) is 3.69. The Morgan fingerprint density at radius 1 is 0.413 bits per heavy atom. The number of para-hydroxylation sites is 3. The fourth-order valence-electron chi connectivity index (χ4n) is 7.10. The molecule has 0 amide bonds. The number of rotatable bonds is 3. The fraction of sp³-hybridized carbons (Fsp3) is 0. The van der Waals surface area contributed by atoms with Crippen LogP contribution >= 0.6 is 0 Å². The number of pyridine rings is 1. The summed E-state index contributed by atoms with van der Waals surface area (Å²) in [6.07, 6.45) is 0. The number of aromatic nitrogens is 5. The van der Waals surface area contributed by atoms with Crippen molar-refractivity contribution in [1.82, 2.24) is 23.9 Å². The molecule has 10 rings (SSSR count). The summed E-state index contributed by atoms with van der Waals surface area (Å²) in [4.78, 5) is 15.6. The van der Waals surface area contributed by atoms with Crippen molar-refractivity contribution in [3.63, 3.8) is 0 Å². The van der Waals surface area contributed by atoms with E-state index in [2.05, 4.69) is 148 Å².